The van der Waals surface area contributed by atoms with Crippen molar-refractivity contribution in [2.24, 2.45) is 11.7 Å². The number of rotatable bonds is 15. The summed E-state index contributed by atoms with van der Waals surface area (Å²) in [5.41, 5.74) is 2.71. The zero-order chi connectivity index (χ0) is 76.2. The molecule has 0 unspecified atom stereocenters. The molecule has 6 aliphatic heterocycles. The molecule has 11 bridgehead atoms. The lowest BCUT2D eigenvalue weighted by Crippen LogP contribution is -2.60. The van der Waals surface area contributed by atoms with E-state index in [1.165, 1.54) is 38.2 Å². The lowest BCUT2D eigenvalue weighted by Gasteiger charge is -2.39. The van der Waals surface area contributed by atoms with Crippen molar-refractivity contribution in [1.82, 2.24) is 47.0 Å². The first kappa shape index (κ1) is 78.0. The van der Waals surface area contributed by atoms with Gasteiger partial charge in [0.05, 0.1) is 18.1 Å². The number of primary amides is 1. The number of fused-ring (bicyclic) bond motifs is 15. The maximum atomic E-state index is 16.1. The molecular formula is C70H85ClN10O23. The number of aliphatic hydroxyl groups is 6. The number of aryl methyl sites for hydroxylation is 1. The van der Waals surface area contributed by atoms with Gasteiger partial charge in [0.25, 0.3) is 0 Å². The van der Waals surface area contributed by atoms with Crippen LogP contribution in [0.2, 0.25) is 5.02 Å². The number of phenolic OH excluding ortho intramolecular Hbond substituents is 3. The molecule has 0 aromatic heterocycles. The van der Waals surface area contributed by atoms with Gasteiger partial charge in [-0.25, -0.2) is 4.79 Å². The fourth-order valence-corrected chi connectivity index (χ4v) is 12.4. The van der Waals surface area contributed by atoms with Crippen LogP contribution in [0.3, 0.4) is 0 Å². The maximum Gasteiger partial charge on any atom is 0.410 e. The fraction of sp³-hybridized carbons (Fsp3) is 0.443. The molecule has 1 fully saturated rings. The number of carbonyl (C=O) groups excluding carboxylic acids is 9. The Hall–Kier alpha value is -10.1. The van der Waals surface area contributed by atoms with Crippen LogP contribution in [0, 0.1) is 12.8 Å². The summed E-state index contributed by atoms with van der Waals surface area (Å²) in [6.45, 7) is 9.32. The van der Waals surface area contributed by atoms with E-state index in [1.807, 2.05) is 4.90 Å². The molecule has 6 heterocycles. The van der Waals surface area contributed by atoms with E-state index in [1.54, 1.807) is 48.7 Å². The molecule has 34 heteroatoms. The number of ether oxygens (including phenoxy) is 5. The summed E-state index contributed by atoms with van der Waals surface area (Å²) in [5, 5.41) is 121. The average Bonchev–Trinajstić information content (AvgIpc) is 0.766. The first-order chi connectivity index (χ1) is 48.9. The Morgan fingerprint density at radius 3 is 1.94 bits per heavy atom. The van der Waals surface area contributed by atoms with Crippen molar-refractivity contribution < 1.29 is 113 Å². The highest BCUT2D eigenvalue weighted by molar-refractivity contribution is 6.32. The van der Waals surface area contributed by atoms with Gasteiger partial charge in [0, 0.05) is 30.8 Å². The number of hydrogen-bond donors (Lipinski definition) is 17. The minimum Gasteiger partial charge on any atom is -0.508 e. The third kappa shape index (κ3) is 17.7. The summed E-state index contributed by atoms with van der Waals surface area (Å²) >= 11 is 7.05. The standard InChI is InChI=1S/C70H85ClN10O23/c1-29(2)19-40(81(9)69(99)104-70(4,5)6)62(93)78-53-55(87)32-12-15-43(30(3)20-32)100-45-23-34-24-46(60(45)103-68-59(91)58(90)57(89)47(28-82)102-68)101-44-16-13-33(22-38(44)71)56(88)54-67(98)77-52(63(94)73-17-10-18-80(7)8)37-25-35(83)26-42(85)49(37)36-21-31(11-14-41(36)84)50(64(95)79-54)76-65(96)51(34)75-61(92)39(27-48(72)86)74-66(53)97/h11-16,20-26,29,39-40,47,50-59,68,82-85,87-91H,10,17-19,27-28H2,1-9H3,(H2,72,86)(H,73,94)(H,74,97)(H,75,92)(H,76,96)(H,77,98)(H,78,93)(H,79,95)/t39-,40+,47+,50+,51+,52-,53+,54-,55+,56+,57+,58-,59+,68-/m0/s1. The number of amides is 9. The second kappa shape index (κ2) is 32.3. The molecule has 18 N–H and O–H groups in total. The zero-order valence-corrected chi connectivity index (χ0v) is 58.8. The molecule has 1 saturated heterocycles. The lowest BCUT2D eigenvalue weighted by molar-refractivity contribution is -0.277. The van der Waals surface area contributed by atoms with Crippen molar-refractivity contribution >= 4 is 65.0 Å². The van der Waals surface area contributed by atoms with E-state index in [9.17, 15) is 65.1 Å². The second-order valence-electron chi connectivity index (χ2n) is 27.4. The number of aliphatic hydroxyl groups excluding tert-OH is 6. The molecule has 6 aliphatic rings. The minimum atomic E-state index is -2.32. The quantitative estimate of drug-likeness (QED) is 0.0654. The van der Waals surface area contributed by atoms with Crippen LogP contribution in [0.25, 0.3) is 11.1 Å². The van der Waals surface area contributed by atoms with Crippen LogP contribution in [-0.2, 0) is 47.8 Å². The highest BCUT2D eigenvalue weighted by atomic mass is 35.5. The molecule has 0 saturated carbocycles. The smallest absolute Gasteiger partial charge is 0.410 e. The van der Waals surface area contributed by atoms with Gasteiger partial charge in [0.1, 0.15) is 113 Å². The summed E-state index contributed by atoms with van der Waals surface area (Å²) in [4.78, 5) is 136. The Morgan fingerprint density at radius 1 is 0.692 bits per heavy atom. The van der Waals surface area contributed by atoms with Crippen molar-refractivity contribution in [3.05, 3.63) is 117 Å². The molecule has 9 amide bonds. The van der Waals surface area contributed by atoms with Crippen molar-refractivity contribution in [2.45, 2.75) is 152 Å². The molecule has 104 heavy (non-hydrogen) atoms. The summed E-state index contributed by atoms with van der Waals surface area (Å²) in [6.07, 6.45) is -15.7. The zero-order valence-electron chi connectivity index (χ0n) is 58.0. The van der Waals surface area contributed by atoms with Gasteiger partial charge >= 0.3 is 6.09 Å². The molecule has 5 aromatic carbocycles. The van der Waals surface area contributed by atoms with E-state index in [4.69, 9.17) is 41.0 Å². The highest BCUT2D eigenvalue weighted by Gasteiger charge is 2.47. The van der Waals surface area contributed by atoms with E-state index in [0.717, 1.165) is 59.5 Å². The monoisotopic (exact) mass is 1470 g/mol. The predicted octanol–water partition coefficient (Wildman–Crippen LogP) is 1.15. The predicted molar refractivity (Wildman–Crippen MR) is 366 cm³/mol. The van der Waals surface area contributed by atoms with Crippen LogP contribution in [-0.4, -0.2) is 210 Å². The average molecular weight is 1470 g/mol. The lowest BCUT2D eigenvalue weighted by atomic mass is 9.89. The molecule has 14 atom stereocenters. The summed E-state index contributed by atoms with van der Waals surface area (Å²) < 4.78 is 30.9. The van der Waals surface area contributed by atoms with Gasteiger partial charge in [-0.05, 0) is 155 Å². The van der Waals surface area contributed by atoms with E-state index in [-0.39, 0.29) is 63.8 Å². The van der Waals surface area contributed by atoms with Gasteiger partial charge in [0.15, 0.2) is 11.5 Å². The molecule has 0 radical (unpaired) electrons. The van der Waals surface area contributed by atoms with Gasteiger partial charge in [-0.2, -0.15) is 0 Å². The van der Waals surface area contributed by atoms with Crippen molar-refractivity contribution in [3.63, 3.8) is 0 Å². The van der Waals surface area contributed by atoms with Gasteiger partial charge in [-0.15, -0.1) is 0 Å². The van der Waals surface area contributed by atoms with Crippen molar-refractivity contribution in [3.8, 4) is 57.1 Å². The van der Waals surface area contributed by atoms with Crippen LogP contribution in [0.4, 0.5) is 4.79 Å². The number of hydrogen-bond acceptors (Lipinski definition) is 24. The molecule has 0 aliphatic carbocycles. The van der Waals surface area contributed by atoms with Crippen LogP contribution in [0.5, 0.6) is 46.0 Å². The van der Waals surface area contributed by atoms with Crippen molar-refractivity contribution in [1.29, 1.82) is 0 Å². The number of aromatic hydroxyl groups is 3. The van der Waals surface area contributed by atoms with E-state index in [2.05, 4.69) is 37.2 Å². The molecule has 0 spiro atoms. The van der Waals surface area contributed by atoms with Gasteiger partial charge < -0.3 is 117 Å². The largest absolute Gasteiger partial charge is 0.508 e. The van der Waals surface area contributed by atoms with Gasteiger partial charge in [-0.3, -0.25) is 43.3 Å². The van der Waals surface area contributed by atoms with Gasteiger partial charge in [0.2, 0.25) is 59.3 Å². The Labute approximate surface area is 600 Å². The number of halogens is 1. The third-order valence-electron chi connectivity index (χ3n) is 17.5. The Morgan fingerprint density at radius 2 is 1.32 bits per heavy atom. The summed E-state index contributed by atoms with van der Waals surface area (Å²) in [6, 6.07) is 0.282. The molecule has 11 rings (SSSR count). The number of likely N-dealkylation sites (N-methyl/N-ethyl adjacent to an activating group) is 1. The Bertz CT molecular complexity index is 4130. The summed E-state index contributed by atoms with van der Waals surface area (Å²) in [5.74, 6) is -14.6. The van der Waals surface area contributed by atoms with Crippen molar-refractivity contribution in [2.75, 3.05) is 40.8 Å². The minimum absolute atomic E-state index is 0.0112. The molecule has 560 valence electrons. The number of carbonyl (C=O) groups is 9. The summed E-state index contributed by atoms with van der Waals surface area (Å²) in [7, 11) is 4.87. The van der Waals surface area contributed by atoms with E-state index in [0.29, 0.717) is 13.0 Å². The first-order valence-electron chi connectivity index (χ1n) is 33.1. The normalized spacial score (nSPS) is 24.6. The number of phenols is 3. The van der Waals surface area contributed by atoms with Crippen LogP contribution in [0.15, 0.2) is 78.9 Å². The maximum absolute atomic E-state index is 16.1. The number of nitrogens with zero attached hydrogens (tertiary/aromatic N) is 2. The van der Waals surface area contributed by atoms with E-state index >= 15 is 24.0 Å². The Balaban J connectivity index is 1.29. The first-order valence-corrected chi connectivity index (χ1v) is 33.5. The molecule has 33 nitrogen and oxygen atoms in total. The topological polar surface area (TPSA) is 499 Å². The van der Waals surface area contributed by atoms with Crippen LogP contribution >= 0.6 is 11.6 Å². The molecular weight excluding hydrogens is 1380 g/mol. The fourth-order valence-electron chi connectivity index (χ4n) is 12.2. The van der Waals surface area contributed by atoms with Crippen LogP contribution < -0.4 is 57.2 Å². The highest BCUT2D eigenvalue weighted by Crippen LogP contribution is 2.49. The van der Waals surface area contributed by atoms with E-state index < -0.39 is 208 Å². The number of benzene rings is 5. The number of nitrogens with one attached hydrogen (secondary N) is 7. The molecule has 5 aromatic rings. The SMILES string of the molecule is Cc1cc2ccc1Oc1cc3cc(c1O[C@@H]1O[C@H](CO)[C@@H](O)[C@H](O)[C@H]1O)Oc1ccc(cc1Cl)[C@@H](O)[C@@H]1NC(=O)[C@H](NC(=O)[C@@H]3NC(=O)[C@H](CC(N)=O)NC(=O)[C@H](NC(=O)[C@@H](CC(C)C)N(C)C(=O)OC(C)(C)C)[C@@H]2O)c2ccc(O)c(c2)-c2c(O)cc(O)cc2[C@@H](C(=O)NCCCN(C)C)NC1=O. The number of nitrogens with two attached hydrogens (primary N) is 1. The third-order valence-corrected chi connectivity index (χ3v) is 17.8. The Kier molecular flexibility index (Phi) is 24.2. The van der Waals surface area contributed by atoms with Gasteiger partial charge in [-0.1, -0.05) is 43.6 Å². The van der Waals surface area contributed by atoms with Crippen LogP contribution in [0.1, 0.15) is 118 Å². The second-order valence-corrected chi connectivity index (χ2v) is 27.8.